The first-order chi connectivity index (χ1) is 13.5. The summed E-state index contributed by atoms with van der Waals surface area (Å²) in [5.74, 6) is -0.267. The van der Waals surface area contributed by atoms with Gasteiger partial charge in [-0.15, -0.1) is 0 Å². The Kier molecular flexibility index (Phi) is 6.19. The Labute approximate surface area is 165 Å². The first-order valence-corrected chi connectivity index (χ1v) is 9.54. The molecule has 2 aromatic carbocycles. The van der Waals surface area contributed by atoms with Crippen molar-refractivity contribution in [2.45, 2.75) is 39.5 Å². The zero-order valence-electron chi connectivity index (χ0n) is 16.4. The van der Waals surface area contributed by atoms with Gasteiger partial charge in [0.15, 0.2) is 0 Å². The molecule has 0 aromatic heterocycles. The lowest BCUT2D eigenvalue weighted by Gasteiger charge is -2.37. The predicted molar refractivity (Wildman–Crippen MR) is 107 cm³/mol. The van der Waals surface area contributed by atoms with Gasteiger partial charge in [-0.25, -0.2) is 9.59 Å². The highest BCUT2D eigenvalue weighted by atomic mass is 16.5. The number of fused-ring (bicyclic) bond motifs is 1. The number of esters is 1. The van der Waals surface area contributed by atoms with Gasteiger partial charge in [-0.2, -0.15) is 0 Å². The second-order valence-electron chi connectivity index (χ2n) is 7.00. The fourth-order valence-corrected chi connectivity index (χ4v) is 3.34. The van der Waals surface area contributed by atoms with Crippen LogP contribution in [0.4, 0.5) is 10.5 Å². The summed E-state index contributed by atoms with van der Waals surface area (Å²) in [6.45, 7) is 6.41. The van der Waals surface area contributed by atoms with Crippen LogP contribution in [0, 0.1) is 5.92 Å². The van der Waals surface area contributed by atoms with E-state index in [4.69, 9.17) is 9.47 Å². The van der Waals surface area contributed by atoms with Crippen LogP contribution in [-0.4, -0.2) is 24.7 Å². The number of hydrogen-bond acceptors (Lipinski definition) is 5. The molecule has 0 aliphatic carbocycles. The normalized spacial score (nSPS) is 20.5. The van der Waals surface area contributed by atoms with Crippen molar-refractivity contribution in [3.63, 3.8) is 0 Å². The van der Waals surface area contributed by atoms with Gasteiger partial charge in [-0.3, -0.25) is 0 Å². The molecule has 3 atom stereocenters. The van der Waals surface area contributed by atoms with Gasteiger partial charge in [0.05, 0.1) is 18.2 Å². The molecule has 1 heterocycles. The van der Waals surface area contributed by atoms with Crippen molar-refractivity contribution in [1.82, 2.24) is 5.32 Å². The standard InChI is InChI=1S/C22H26N2O4/c1-4-27-21(25)17-10-11-19-18(12-17)20(14(2)15(3)23-19)24-22(26)28-13-16-8-6-5-7-9-16/h5-12,14-15,20,23H,4,13H2,1-3H3,(H,24,26)/t14-,15-,20?/m0/s1. The maximum absolute atomic E-state index is 12.4. The first kappa shape index (κ1) is 19.7. The average molecular weight is 382 g/mol. The molecule has 28 heavy (non-hydrogen) atoms. The molecule has 1 aliphatic heterocycles. The van der Waals surface area contributed by atoms with E-state index in [2.05, 4.69) is 24.5 Å². The van der Waals surface area contributed by atoms with Crippen LogP contribution in [0.25, 0.3) is 0 Å². The zero-order chi connectivity index (χ0) is 20.1. The number of benzene rings is 2. The third-order valence-corrected chi connectivity index (χ3v) is 5.08. The molecule has 2 aromatic rings. The van der Waals surface area contributed by atoms with E-state index >= 15 is 0 Å². The first-order valence-electron chi connectivity index (χ1n) is 9.54. The molecule has 6 heteroatoms. The number of carbonyl (C=O) groups is 2. The molecule has 6 nitrogen and oxygen atoms in total. The molecule has 0 spiro atoms. The van der Waals surface area contributed by atoms with Gasteiger partial charge in [-0.05, 0) is 43.2 Å². The van der Waals surface area contributed by atoms with Crippen molar-refractivity contribution in [2.24, 2.45) is 5.92 Å². The van der Waals surface area contributed by atoms with Crippen LogP contribution < -0.4 is 10.6 Å². The van der Waals surface area contributed by atoms with E-state index in [0.717, 1.165) is 16.8 Å². The lowest BCUT2D eigenvalue weighted by molar-refractivity contribution is 0.0526. The van der Waals surface area contributed by atoms with Crippen molar-refractivity contribution >= 4 is 17.7 Å². The fraction of sp³-hybridized carbons (Fsp3) is 0.364. The summed E-state index contributed by atoms with van der Waals surface area (Å²) >= 11 is 0. The van der Waals surface area contributed by atoms with Crippen molar-refractivity contribution in [3.05, 3.63) is 65.2 Å². The summed E-state index contributed by atoms with van der Waals surface area (Å²) in [5, 5.41) is 6.39. The maximum Gasteiger partial charge on any atom is 0.407 e. The van der Waals surface area contributed by atoms with Gasteiger partial charge < -0.3 is 20.1 Å². The lowest BCUT2D eigenvalue weighted by Crippen LogP contribution is -2.42. The number of rotatable bonds is 5. The topological polar surface area (TPSA) is 76.7 Å². The zero-order valence-corrected chi connectivity index (χ0v) is 16.4. The van der Waals surface area contributed by atoms with Crippen molar-refractivity contribution < 1.29 is 19.1 Å². The number of anilines is 1. The molecule has 1 aliphatic rings. The molecule has 0 radical (unpaired) electrons. The quantitative estimate of drug-likeness (QED) is 0.755. The van der Waals surface area contributed by atoms with E-state index in [1.807, 2.05) is 36.4 Å². The molecular weight excluding hydrogens is 356 g/mol. The molecule has 0 saturated carbocycles. The Hall–Kier alpha value is -3.02. The molecule has 148 valence electrons. The van der Waals surface area contributed by atoms with E-state index in [-0.39, 0.29) is 30.6 Å². The Balaban J connectivity index is 1.77. The minimum atomic E-state index is -0.484. The van der Waals surface area contributed by atoms with Crippen molar-refractivity contribution in [3.8, 4) is 0 Å². The highest BCUT2D eigenvalue weighted by Gasteiger charge is 2.33. The largest absolute Gasteiger partial charge is 0.462 e. The SMILES string of the molecule is CCOC(=O)c1ccc2c(c1)C(NC(=O)OCc1ccccc1)[C@@H](C)[C@H](C)N2. The van der Waals surface area contributed by atoms with E-state index in [1.165, 1.54) is 0 Å². The highest BCUT2D eigenvalue weighted by Crippen LogP contribution is 2.37. The summed E-state index contributed by atoms with van der Waals surface area (Å²) in [6, 6.07) is 14.8. The fourth-order valence-electron chi connectivity index (χ4n) is 3.34. The molecule has 2 N–H and O–H groups in total. The lowest BCUT2D eigenvalue weighted by atomic mass is 9.84. The molecule has 1 unspecified atom stereocenters. The number of carbonyl (C=O) groups excluding carboxylic acids is 2. The minimum absolute atomic E-state index is 0.106. The van der Waals surface area contributed by atoms with Gasteiger partial charge in [0.25, 0.3) is 0 Å². The summed E-state index contributed by atoms with van der Waals surface area (Å²) < 4.78 is 10.5. The highest BCUT2D eigenvalue weighted by molar-refractivity contribution is 5.90. The molecule has 0 saturated heterocycles. The Bertz CT molecular complexity index is 838. The number of alkyl carbamates (subject to hydrolysis) is 1. The molecule has 0 bridgehead atoms. The average Bonchev–Trinajstić information content (AvgIpc) is 2.70. The second-order valence-corrected chi connectivity index (χ2v) is 7.00. The van der Waals surface area contributed by atoms with Crippen LogP contribution in [0.3, 0.4) is 0 Å². The van der Waals surface area contributed by atoms with Crippen LogP contribution in [0.15, 0.2) is 48.5 Å². The Morgan fingerprint density at radius 3 is 2.54 bits per heavy atom. The Morgan fingerprint density at radius 1 is 1.07 bits per heavy atom. The van der Waals surface area contributed by atoms with Crippen LogP contribution in [0.2, 0.25) is 0 Å². The molecule has 1 amide bonds. The number of nitrogens with one attached hydrogen (secondary N) is 2. The number of ether oxygens (including phenoxy) is 2. The molecule has 3 rings (SSSR count). The number of amides is 1. The summed E-state index contributed by atoms with van der Waals surface area (Å²) in [6.07, 6.45) is -0.484. The summed E-state index contributed by atoms with van der Waals surface area (Å²) in [5.41, 5.74) is 3.14. The van der Waals surface area contributed by atoms with Gasteiger partial charge in [0.2, 0.25) is 0 Å². The van der Waals surface area contributed by atoms with Crippen molar-refractivity contribution in [2.75, 3.05) is 11.9 Å². The maximum atomic E-state index is 12.4. The van der Waals surface area contributed by atoms with Crippen LogP contribution in [0.1, 0.15) is 48.3 Å². The van der Waals surface area contributed by atoms with Gasteiger partial charge >= 0.3 is 12.1 Å². The van der Waals surface area contributed by atoms with Crippen LogP contribution >= 0.6 is 0 Å². The molecule has 0 fully saturated rings. The summed E-state index contributed by atoms with van der Waals surface area (Å²) in [4.78, 5) is 24.5. The van der Waals surface area contributed by atoms with E-state index < -0.39 is 6.09 Å². The van der Waals surface area contributed by atoms with Crippen molar-refractivity contribution in [1.29, 1.82) is 0 Å². The van der Waals surface area contributed by atoms with E-state index in [0.29, 0.717) is 12.2 Å². The minimum Gasteiger partial charge on any atom is -0.462 e. The van der Waals surface area contributed by atoms with Gasteiger partial charge in [-0.1, -0.05) is 37.3 Å². The summed E-state index contributed by atoms with van der Waals surface area (Å²) in [7, 11) is 0. The van der Waals surface area contributed by atoms with E-state index in [9.17, 15) is 9.59 Å². The second kappa shape index (κ2) is 8.78. The monoisotopic (exact) mass is 382 g/mol. The van der Waals surface area contributed by atoms with E-state index in [1.54, 1.807) is 19.1 Å². The third kappa shape index (κ3) is 4.44. The van der Waals surface area contributed by atoms with Gasteiger partial charge in [0.1, 0.15) is 6.61 Å². The molecular formula is C22H26N2O4. The smallest absolute Gasteiger partial charge is 0.407 e. The van der Waals surface area contributed by atoms with Crippen LogP contribution in [0.5, 0.6) is 0 Å². The Morgan fingerprint density at radius 2 is 1.82 bits per heavy atom. The van der Waals surface area contributed by atoms with Crippen LogP contribution in [-0.2, 0) is 16.1 Å². The van der Waals surface area contributed by atoms with Gasteiger partial charge in [0, 0.05) is 17.6 Å². The predicted octanol–water partition coefficient (Wildman–Crippen LogP) is 4.28. The third-order valence-electron chi connectivity index (χ3n) is 5.08. The number of hydrogen-bond donors (Lipinski definition) is 2.